The van der Waals surface area contributed by atoms with Gasteiger partial charge in [0.15, 0.2) is 0 Å². The molecule has 0 aliphatic heterocycles. The number of fused-ring (bicyclic) bond motifs is 4. The molecule has 0 heterocycles. The lowest BCUT2D eigenvalue weighted by Gasteiger charge is -2.25. The maximum atomic E-state index is 2.50. The monoisotopic (exact) mass is 706 g/mol. The zero-order valence-corrected chi connectivity index (χ0v) is 32.6. The summed E-state index contributed by atoms with van der Waals surface area (Å²) in [6, 6.07) is 52.0. The highest BCUT2D eigenvalue weighted by Crippen LogP contribution is 2.48. The highest BCUT2D eigenvalue weighted by molar-refractivity contribution is 6.35. The number of benzene rings is 9. The summed E-state index contributed by atoms with van der Waals surface area (Å²) in [6.45, 7) is 11.7. The Morgan fingerprint density at radius 3 is 1.25 bits per heavy atom. The van der Waals surface area contributed by atoms with Gasteiger partial charge in [-0.15, -0.1) is 0 Å². The van der Waals surface area contributed by atoms with Gasteiger partial charge in [-0.1, -0.05) is 156 Å². The first-order valence-corrected chi connectivity index (χ1v) is 20.4. The molecule has 0 N–H and O–H groups in total. The molecule has 9 aromatic carbocycles. The minimum absolute atomic E-state index is 0.000559. The second kappa shape index (κ2) is 11.9. The Morgan fingerprint density at radius 2 is 0.818 bits per heavy atom. The van der Waals surface area contributed by atoms with Crippen molar-refractivity contribution in [1.82, 2.24) is 0 Å². The third kappa shape index (κ3) is 4.97. The van der Waals surface area contributed by atoms with Crippen LogP contribution in [0.2, 0.25) is 0 Å². The normalized spacial score (nSPS) is 13.8. The Kier molecular flexibility index (Phi) is 7.07. The van der Waals surface area contributed by atoms with E-state index >= 15 is 0 Å². The highest BCUT2D eigenvalue weighted by atomic mass is 14.3. The van der Waals surface area contributed by atoms with Crippen LogP contribution < -0.4 is 0 Å². The molecule has 9 aromatic rings. The van der Waals surface area contributed by atoms with E-state index in [4.69, 9.17) is 0 Å². The summed E-state index contributed by atoms with van der Waals surface area (Å²) in [5, 5.41) is 10.9. The summed E-state index contributed by atoms with van der Waals surface area (Å²) in [5.41, 5.74) is 19.4. The van der Waals surface area contributed by atoms with Gasteiger partial charge in [0.25, 0.3) is 0 Å². The van der Waals surface area contributed by atoms with Gasteiger partial charge in [0.1, 0.15) is 0 Å². The van der Waals surface area contributed by atoms with Crippen LogP contribution in [0, 0.1) is 0 Å². The van der Waals surface area contributed by atoms with Gasteiger partial charge in [-0.2, -0.15) is 0 Å². The van der Waals surface area contributed by atoms with Crippen LogP contribution in [0.15, 0.2) is 133 Å². The molecule has 0 saturated heterocycles. The van der Waals surface area contributed by atoms with E-state index in [0.717, 1.165) is 0 Å². The molecule has 0 unspecified atom stereocenters. The Labute approximate surface area is 324 Å². The predicted molar refractivity (Wildman–Crippen MR) is 237 cm³/mol. The molecule has 0 bridgehead atoms. The zero-order chi connectivity index (χ0) is 37.2. The van der Waals surface area contributed by atoms with Crippen molar-refractivity contribution in [3.8, 4) is 44.5 Å². The fraction of sp³-hybridized carbons (Fsp3) is 0.200. The topological polar surface area (TPSA) is 0 Å². The Morgan fingerprint density at radius 1 is 0.400 bits per heavy atom. The quantitative estimate of drug-likeness (QED) is 0.123. The molecule has 0 atom stereocenters. The van der Waals surface area contributed by atoms with Gasteiger partial charge in [0, 0.05) is 0 Å². The Bertz CT molecular complexity index is 3000. The average Bonchev–Trinajstić information content (AvgIpc) is 3.16. The SMILES string of the molecule is CC(C)c1cc2c(-c3ccc(-c4cccc5c4CC5)cc3)ccc3c4cc(C(C)(C)C)cc5c(-c6ccc(-c7cccc8c7CC8)cc6)ccc(c(c1)c23)c54. The molecule has 2 aliphatic rings. The highest BCUT2D eigenvalue weighted by Gasteiger charge is 2.24. The minimum atomic E-state index is -0.000559. The molecule has 0 spiro atoms. The zero-order valence-electron chi connectivity index (χ0n) is 32.6. The van der Waals surface area contributed by atoms with Crippen molar-refractivity contribution in [2.75, 3.05) is 0 Å². The molecule has 55 heavy (non-hydrogen) atoms. The van der Waals surface area contributed by atoms with Crippen molar-refractivity contribution in [3.63, 3.8) is 0 Å². The van der Waals surface area contributed by atoms with E-state index in [1.54, 1.807) is 0 Å². The first-order valence-electron chi connectivity index (χ1n) is 20.4. The summed E-state index contributed by atoms with van der Waals surface area (Å²) >= 11 is 0. The van der Waals surface area contributed by atoms with Gasteiger partial charge in [0.2, 0.25) is 0 Å². The van der Waals surface area contributed by atoms with Crippen molar-refractivity contribution in [1.29, 1.82) is 0 Å². The lowest BCUT2D eigenvalue weighted by atomic mass is 9.79. The molecule has 11 rings (SSSR count). The van der Waals surface area contributed by atoms with Gasteiger partial charge in [-0.05, 0) is 170 Å². The number of aryl methyl sites for hydroxylation is 2. The second-order valence-corrected chi connectivity index (χ2v) is 17.7. The van der Waals surface area contributed by atoms with Crippen LogP contribution in [0.5, 0.6) is 0 Å². The summed E-state index contributed by atoms with van der Waals surface area (Å²) < 4.78 is 0. The Hall–Kier alpha value is -5.72. The fourth-order valence-corrected chi connectivity index (χ4v) is 9.83. The second-order valence-electron chi connectivity index (χ2n) is 17.7. The third-order valence-corrected chi connectivity index (χ3v) is 13.2. The molecule has 2 aliphatic carbocycles. The number of hydrogen-bond acceptors (Lipinski definition) is 0. The van der Waals surface area contributed by atoms with Crippen molar-refractivity contribution < 1.29 is 0 Å². The van der Waals surface area contributed by atoms with Crippen LogP contribution >= 0.6 is 0 Å². The van der Waals surface area contributed by atoms with Crippen LogP contribution in [0.3, 0.4) is 0 Å². The molecule has 0 fully saturated rings. The van der Waals surface area contributed by atoms with Crippen molar-refractivity contribution in [2.24, 2.45) is 0 Å². The average molecular weight is 707 g/mol. The maximum Gasteiger partial charge on any atom is -0.00199 e. The summed E-state index contributed by atoms with van der Waals surface area (Å²) in [5.74, 6) is 0.412. The van der Waals surface area contributed by atoms with Gasteiger partial charge < -0.3 is 0 Å². The summed E-state index contributed by atoms with van der Waals surface area (Å²) in [6.07, 6.45) is 4.79. The van der Waals surface area contributed by atoms with Crippen LogP contribution in [0.4, 0.5) is 0 Å². The minimum Gasteiger partial charge on any atom is -0.0614 e. The van der Waals surface area contributed by atoms with E-state index in [-0.39, 0.29) is 5.41 Å². The molecular formula is C55H46. The van der Waals surface area contributed by atoms with E-state index in [1.807, 2.05) is 0 Å². The van der Waals surface area contributed by atoms with Crippen molar-refractivity contribution in [3.05, 3.63) is 167 Å². The van der Waals surface area contributed by atoms with Crippen molar-refractivity contribution in [2.45, 2.75) is 71.6 Å². The van der Waals surface area contributed by atoms with E-state index in [1.165, 1.54) is 147 Å². The van der Waals surface area contributed by atoms with Gasteiger partial charge in [-0.3, -0.25) is 0 Å². The fourth-order valence-electron chi connectivity index (χ4n) is 9.83. The molecule has 0 radical (unpaired) electrons. The first-order chi connectivity index (χ1) is 26.7. The molecule has 0 heteroatoms. The molecule has 0 nitrogen and oxygen atoms in total. The Balaban J connectivity index is 1.13. The molecule has 0 saturated carbocycles. The maximum absolute atomic E-state index is 2.50. The molecule has 0 aromatic heterocycles. The van der Waals surface area contributed by atoms with Crippen molar-refractivity contribution >= 4 is 43.1 Å². The van der Waals surface area contributed by atoms with Crippen LogP contribution in [-0.4, -0.2) is 0 Å². The number of hydrogen-bond donors (Lipinski definition) is 0. The van der Waals surface area contributed by atoms with Crippen LogP contribution in [0.1, 0.15) is 73.9 Å². The predicted octanol–water partition coefficient (Wildman–Crippen LogP) is 15.0. The molecular weight excluding hydrogens is 661 g/mol. The van der Waals surface area contributed by atoms with E-state index < -0.39 is 0 Å². The lowest BCUT2D eigenvalue weighted by molar-refractivity contribution is 0.592. The smallest absolute Gasteiger partial charge is 0.00199 e. The summed E-state index contributed by atoms with van der Waals surface area (Å²) in [4.78, 5) is 0. The lowest BCUT2D eigenvalue weighted by Crippen LogP contribution is -2.11. The molecule has 0 amide bonds. The van der Waals surface area contributed by atoms with Gasteiger partial charge in [0.05, 0.1) is 0 Å². The molecule has 266 valence electrons. The third-order valence-electron chi connectivity index (χ3n) is 13.2. The van der Waals surface area contributed by atoms with E-state index in [2.05, 4.69) is 168 Å². The largest absolute Gasteiger partial charge is 0.0614 e. The number of rotatable bonds is 5. The van der Waals surface area contributed by atoms with Crippen LogP contribution in [0.25, 0.3) is 87.6 Å². The van der Waals surface area contributed by atoms with E-state index in [0.29, 0.717) is 5.92 Å². The first kappa shape index (κ1) is 32.7. The van der Waals surface area contributed by atoms with Gasteiger partial charge >= 0.3 is 0 Å². The van der Waals surface area contributed by atoms with Gasteiger partial charge in [-0.25, -0.2) is 0 Å². The standard InChI is InChI=1S/C55H46/c1-32(2)39-28-49-45(37-16-12-35(13-17-37)41-10-6-8-33-20-22-43(33)41)24-27-48-52-31-40(55(3,4)5)30-51-46(25-26-47(54(51)52)50(29-39)53(48)49)38-18-14-36(15-19-38)42-11-7-9-34-21-23-44(34)42/h6-19,24-32H,20-23H2,1-5H3. The van der Waals surface area contributed by atoms with E-state index in [9.17, 15) is 0 Å². The summed E-state index contributed by atoms with van der Waals surface area (Å²) in [7, 11) is 0. The van der Waals surface area contributed by atoms with Crippen LogP contribution in [-0.2, 0) is 31.1 Å².